The van der Waals surface area contributed by atoms with Gasteiger partial charge in [0.1, 0.15) is 54.4 Å². The summed E-state index contributed by atoms with van der Waals surface area (Å²) in [5.74, 6) is 0. The van der Waals surface area contributed by atoms with Gasteiger partial charge in [-0.2, -0.15) is 0 Å². The summed E-state index contributed by atoms with van der Waals surface area (Å²) in [6.07, 6.45) is -10.2. The number of aliphatic hydroxyl groups excluding tert-OH is 1. The first-order valence-electron chi connectivity index (χ1n) is 28.9. The molecule has 0 aliphatic carbocycles. The van der Waals surface area contributed by atoms with Gasteiger partial charge in [-0.1, -0.05) is 273 Å². The smallest absolute Gasteiger partial charge is 0.187 e. The zero-order valence-corrected chi connectivity index (χ0v) is 46.9. The van der Waals surface area contributed by atoms with Gasteiger partial charge in [0.25, 0.3) is 0 Å². The molecule has 84 heavy (non-hydrogen) atoms. The summed E-state index contributed by atoms with van der Waals surface area (Å²) in [5, 5.41) is 12.2. The highest BCUT2D eigenvalue weighted by atomic mass is 16.8. The fourth-order valence-electron chi connectivity index (χ4n) is 11.1. The van der Waals surface area contributed by atoms with Crippen LogP contribution in [-0.4, -0.2) is 79.7 Å². The number of hydrogen-bond donors (Lipinski definition) is 1. The van der Waals surface area contributed by atoms with Crippen molar-refractivity contribution in [1.82, 2.24) is 0 Å². The van der Waals surface area contributed by atoms with Crippen molar-refractivity contribution >= 4 is 0 Å². The Morgan fingerprint density at radius 2 is 0.595 bits per heavy atom. The zero-order valence-electron chi connectivity index (χ0n) is 46.9. The van der Waals surface area contributed by atoms with Gasteiger partial charge in [0.15, 0.2) is 12.6 Å². The molecule has 1 N–H and O–H groups in total. The summed E-state index contributed by atoms with van der Waals surface area (Å²) in [4.78, 5) is 0. The van der Waals surface area contributed by atoms with Crippen molar-refractivity contribution in [3.63, 3.8) is 0 Å². The first-order chi connectivity index (χ1) is 41.6. The molecule has 0 amide bonds. The molecule has 0 spiro atoms. The molecule has 430 valence electrons. The van der Waals surface area contributed by atoms with Crippen LogP contribution in [0.2, 0.25) is 0 Å². The summed E-state index contributed by atoms with van der Waals surface area (Å²) in [6.45, 7) is 1.18. The highest BCUT2D eigenvalue weighted by molar-refractivity contribution is 5.47. The van der Waals surface area contributed by atoms with Gasteiger partial charge >= 0.3 is 0 Å². The van der Waals surface area contributed by atoms with Crippen LogP contribution in [0.4, 0.5) is 0 Å². The minimum atomic E-state index is -1.45. The lowest BCUT2D eigenvalue weighted by Gasteiger charge is -2.50. The van der Waals surface area contributed by atoms with Gasteiger partial charge in [-0.15, -0.1) is 0 Å². The molecule has 11 heteroatoms. The van der Waals surface area contributed by atoms with Crippen LogP contribution in [0.5, 0.6) is 0 Å². The van der Waals surface area contributed by atoms with E-state index in [1.54, 1.807) is 0 Å². The van der Waals surface area contributed by atoms with Crippen molar-refractivity contribution in [2.75, 3.05) is 13.2 Å². The summed E-state index contributed by atoms with van der Waals surface area (Å²) >= 11 is 0. The fourth-order valence-corrected chi connectivity index (χ4v) is 11.1. The quantitative estimate of drug-likeness (QED) is 0.0497. The molecule has 2 fully saturated rings. The van der Waals surface area contributed by atoms with Gasteiger partial charge in [-0.05, 0) is 50.1 Å². The Kier molecular flexibility index (Phi) is 20.7. The molecule has 2 saturated heterocycles. The SMILES string of the molecule is O[C@@H]1O[C@H](COCc2ccccc2)[C@@H](O[C@H]2O[C@H](COC(c3ccccc3)(c3ccccc3)c3ccccc3)[C@@H](OCc3ccccc3)[C@H](OCc3ccccc3)[C@H]2OCc2ccccc2)[C@H](OCc2ccccc2)[C@H]1OCc1ccccc1. The predicted octanol–water partition coefficient (Wildman–Crippen LogP) is 13.0. The first kappa shape index (κ1) is 58.3. The molecule has 0 aromatic heterocycles. The van der Waals surface area contributed by atoms with Crippen molar-refractivity contribution in [2.45, 2.75) is 107 Å². The lowest BCUT2D eigenvalue weighted by Crippen LogP contribution is -2.66. The lowest BCUT2D eigenvalue weighted by molar-refractivity contribution is -0.375. The fraction of sp³-hybridized carbons (Fsp3) is 0.260. The van der Waals surface area contributed by atoms with E-state index in [2.05, 4.69) is 36.4 Å². The Balaban J connectivity index is 1.04. The monoisotopic (exact) mass is 1120 g/mol. The van der Waals surface area contributed by atoms with E-state index in [1.165, 1.54) is 0 Å². The average Bonchev–Trinajstić information content (AvgIpc) is 2.65. The normalized spacial score (nSPS) is 22.5. The van der Waals surface area contributed by atoms with E-state index < -0.39 is 67.0 Å². The Morgan fingerprint density at radius 1 is 0.298 bits per heavy atom. The van der Waals surface area contributed by atoms with Crippen LogP contribution < -0.4 is 0 Å². The van der Waals surface area contributed by atoms with Gasteiger partial charge in [0, 0.05) is 0 Å². The average molecular weight is 1130 g/mol. The maximum absolute atomic E-state index is 12.2. The van der Waals surface area contributed by atoms with E-state index in [-0.39, 0.29) is 52.9 Å². The molecule has 11 rings (SSSR count). The molecule has 0 saturated carbocycles. The van der Waals surface area contributed by atoms with Gasteiger partial charge in [0.2, 0.25) is 0 Å². The maximum Gasteiger partial charge on any atom is 0.187 e. The molecule has 11 nitrogen and oxygen atoms in total. The van der Waals surface area contributed by atoms with Gasteiger partial charge in [-0.3, -0.25) is 0 Å². The first-order valence-corrected chi connectivity index (χ1v) is 28.9. The minimum absolute atomic E-state index is 0.00646. The van der Waals surface area contributed by atoms with Crippen molar-refractivity contribution in [3.05, 3.63) is 323 Å². The number of hydrogen-bond acceptors (Lipinski definition) is 11. The summed E-state index contributed by atoms with van der Waals surface area (Å²) in [5.41, 5.74) is 7.26. The van der Waals surface area contributed by atoms with Crippen molar-refractivity contribution in [2.24, 2.45) is 0 Å². The van der Waals surface area contributed by atoms with Crippen LogP contribution >= 0.6 is 0 Å². The predicted molar refractivity (Wildman–Crippen MR) is 321 cm³/mol. The van der Waals surface area contributed by atoms with Crippen molar-refractivity contribution in [1.29, 1.82) is 0 Å². The second kappa shape index (κ2) is 29.9. The van der Waals surface area contributed by atoms with E-state index in [9.17, 15) is 5.11 Å². The molecular formula is C73H72O11. The Morgan fingerprint density at radius 3 is 0.976 bits per heavy atom. The number of benzene rings is 9. The molecule has 9 aromatic carbocycles. The third-order valence-electron chi connectivity index (χ3n) is 15.3. The van der Waals surface area contributed by atoms with E-state index in [0.29, 0.717) is 0 Å². The minimum Gasteiger partial charge on any atom is -0.374 e. The zero-order chi connectivity index (χ0) is 57.0. The number of ether oxygens (including phenoxy) is 10. The van der Waals surface area contributed by atoms with Gasteiger partial charge < -0.3 is 52.5 Å². The van der Waals surface area contributed by atoms with Crippen LogP contribution in [0, 0.1) is 0 Å². The van der Waals surface area contributed by atoms with Crippen LogP contribution in [-0.2, 0) is 92.6 Å². The largest absolute Gasteiger partial charge is 0.374 e. The van der Waals surface area contributed by atoms with Crippen LogP contribution in [0.1, 0.15) is 50.1 Å². The lowest BCUT2D eigenvalue weighted by atomic mass is 9.80. The number of rotatable bonds is 27. The second-order valence-electron chi connectivity index (χ2n) is 21.1. The summed E-state index contributed by atoms with van der Waals surface area (Å²) in [7, 11) is 0. The molecular weight excluding hydrogens is 1050 g/mol. The van der Waals surface area contributed by atoms with Crippen molar-refractivity contribution < 1.29 is 52.5 Å². The van der Waals surface area contributed by atoms with Crippen molar-refractivity contribution in [3.8, 4) is 0 Å². The molecule has 2 aliphatic rings. The number of aliphatic hydroxyl groups is 1. The van der Waals surface area contributed by atoms with Crippen LogP contribution in [0.25, 0.3) is 0 Å². The highest BCUT2D eigenvalue weighted by Crippen LogP contribution is 2.43. The molecule has 9 aromatic rings. The second-order valence-corrected chi connectivity index (χ2v) is 21.1. The van der Waals surface area contributed by atoms with E-state index >= 15 is 0 Å². The van der Waals surface area contributed by atoms with Crippen LogP contribution in [0.3, 0.4) is 0 Å². The molecule has 2 aliphatic heterocycles. The molecule has 2 heterocycles. The van der Waals surface area contributed by atoms with Gasteiger partial charge in [0.05, 0.1) is 52.9 Å². The Labute approximate surface area is 493 Å². The molecule has 10 atom stereocenters. The van der Waals surface area contributed by atoms with E-state index in [1.807, 2.05) is 237 Å². The van der Waals surface area contributed by atoms with E-state index in [4.69, 9.17) is 47.4 Å². The third-order valence-corrected chi connectivity index (χ3v) is 15.3. The molecule has 0 radical (unpaired) electrons. The maximum atomic E-state index is 12.2. The topological polar surface area (TPSA) is 113 Å². The molecule has 0 bridgehead atoms. The third kappa shape index (κ3) is 15.1. The Hall–Kier alpha value is -7.46. The molecule has 0 unspecified atom stereocenters. The Bertz CT molecular complexity index is 3170. The van der Waals surface area contributed by atoms with E-state index in [0.717, 1.165) is 50.1 Å². The van der Waals surface area contributed by atoms with Gasteiger partial charge in [-0.25, -0.2) is 0 Å². The standard InChI is InChI=1S/C73H72O11/c74-71-69(79-50-58-36-18-5-19-37-58)68(78-49-57-34-16-4-17-35-57)66(63(82-71)52-75-46-54-28-10-1-11-29-54)84-72-70(80-51-59-38-20-6-21-39-59)67(77-48-56-32-14-3-15-33-56)65(76-47-55-30-12-2-13-31-55)64(83-72)53-81-73(60-40-22-7-23-41-60,61-42-24-8-25-43-61)62-44-26-9-27-45-62/h1-45,63-72,74H,46-53H2/t63-,64-,65-,66-,67+,68+,69-,70-,71-,72-/m1/s1. The summed E-state index contributed by atoms with van der Waals surface area (Å²) < 4.78 is 71.5. The summed E-state index contributed by atoms with van der Waals surface area (Å²) in [6, 6.07) is 90.6. The van der Waals surface area contributed by atoms with Crippen LogP contribution in [0.15, 0.2) is 273 Å². The highest BCUT2D eigenvalue weighted by Gasteiger charge is 2.55.